The Morgan fingerprint density at radius 3 is 2.78 bits per heavy atom. The number of fused-ring (bicyclic) bond motifs is 1. The van der Waals surface area contributed by atoms with Crippen LogP contribution >= 0.6 is 0 Å². The van der Waals surface area contributed by atoms with Crippen molar-refractivity contribution in [3.8, 4) is 11.5 Å². The molecule has 0 fully saturated rings. The van der Waals surface area contributed by atoms with Gasteiger partial charge in [0.2, 0.25) is 12.7 Å². The van der Waals surface area contributed by atoms with Crippen LogP contribution in [0.25, 0.3) is 0 Å². The van der Waals surface area contributed by atoms with Gasteiger partial charge in [-0.2, -0.15) is 0 Å². The molecule has 6 nitrogen and oxygen atoms in total. The summed E-state index contributed by atoms with van der Waals surface area (Å²) in [5.41, 5.74) is 0.611. The van der Waals surface area contributed by atoms with Gasteiger partial charge in [-0.3, -0.25) is 9.59 Å². The van der Waals surface area contributed by atoms with E-state index in [-0.39, 0.29) is 25.5 Å². The highest BCUT2D eigenvalue weighted by Crippen LogP contribution is 2.34. The summed E-state index contributed by atoms with van der Waals surface area (Å²) in [6.07, 6.45) is 0.501. The van der Waals surface area contributed by atoms with Gasteiger partial charge in [-0.15, -0.1) is 0 Å². The second-order valence-electron chi connectivity index (χ2n) is 3.86. The summed E-state index contributed by atoms with van der Waals surface area (Å²) in [7, 11) is 0. The van der Waals surface area contributed by atoms with Crippen LogP contribution in [0.15, 0.2) is 18.2 Å². The van der Waals surface area contributed by atoms with E-state index in [1.54, 1.807) is 18.2 Å². The first-order valence-electron chi connectivity index (χ1n) is 5.56. The Morgan fingerprint density at radius 1 is 1.22 bits per heavy atom. The average Bonchev–Trinajstić information content (AvgIpc) is 2.75. The monoisotopic (exact) mass is 251 g/mol. The van der Waals surface area contributed by atoms with Crippen molar-refractivity contribution in [2.24, 2.45) is 0 Å². The van der Waals surface area contributed by atoms with Gasteiger partial charge in [-0.1, -0.05) is 0 Å². The van der Waals surface area contributed by atoms with Crippen molar-refractivity contribution in [1.29, 1.82) is 0 Å². The lowest BCUT2D eigenvalue weighted by molar-refractivity contribution is -0.137. The van der Waals surface area contributed by atoms with Crippen LogP contribution in [0.1, 0.15) is 19.3 Å². The van der Waals surface area contributed by atoms with Crippen LogP contribution in [0, 0.1) is 0 Å². The van der Waals surface area contributed by atoms with Crippen molar-refractivity contribution in [3.05, 3.63) is 18.2 Å². The van der Waals surface area contributed by atoms with Crippen LogP contribution in [-0.4, -0.2) is 23.8 Å². The highest BCUT2D eigenvalue weighted by Gasteiger charge is 2.14. The van der Waals surface area contributed by atoms with Gasteiger partial charge in [0, 0.05) is 24.6 Å². The number of amides is 1. The summed E-state index contributed by atoms with van der Waals surface area (Å²) in [5, 5.41) is 11.1. The molecule has 1 aromatic carbocycles. The third kappa shape index (κ3) is 3.13. The summed E-state index contributed by atoms with van der Waals surface area (Å²) in [4.78, 5) is 21.8. The normalized spacial score (nSPS) is 12.2. The van der Waals surface area contributed by atoms with Crippen LogP contribution in [0.5, 0.6) is 11.5 Å². The molecule has 0 atom stereocenters. The standard InChI is InChI=1S/C12H13NO5/c14-11(2-1-3-12(15)16)13-8-4-5-9-10(6-8)18-7-17-9/h4-6H,1-3,7H2,(H,13,14)(H,15,16). The summed E-state index contributed by atoms with van der Waals surface area (Å²) >= 11 is 0. The van der Waals surface area contributed by atoms with Gasteiger partial charge in [-0.25, -0.2) is 0 Å². The molecule has 18 heavy (non-hydrogen) atoms. The molecule has 1 amide bonds. The fourth-order valence-electron chi connectivity index (χ4n) is 1.60. The highest BCUT2D eigenvalue weighted by molar-refractivity contribution is 5.91. The van der Waals surface area contributed by atoms with E-state index >= 15 is 0 Å². The van der Waals surface area contributed by atoms with E-state index < -0.39 is 5.97 Å². The topological polar surface area (TPSA) is 84.9 Å². The van der Waals surface area contributed by atoms with E-state index in [4.69, 9.17) is 14.6 Å². The minimum absolute atomic E-state index is 0.00540. The van der Waals surface area contributed by atoms with Crippen molar-refractivity contribution >= 4 is 17.6 Å². The van der Waals surface area contributed by atoms with Gasteiger partial charge in [0.1, 0.15) is 0 Å². The molecule has 0 aliphatic carbocycles. The molecule has 1 aliphatic heterocycles. The molecule has 1 aliphatic rings. The molecule has 6 heteroatoms. The summed E-state index contributed by atoms with van der Waals surface area (Å²) in [6.45, 7) is 0.186. The predicted octanol–water partition coefficient (Wildman–Crippen LogP) is 1.61. The molecule has 2 N–H and O–H groups in total. The number of nitrogens with one attached hydrogen (secondary N) is 1. The molecule has 0 saturated heterocycles. The van der Waals surface area contributed by atoms with Crippen LogP contribution < -0.4 is 14.8 Å². The van der Waals surface area contributed by atoms with E-state index in [1.165, 1.54) is 0 Å². The van der Waals surface area contributed by atoms with Gasteiger partial charge in [-0.05, 0) is 18.6 Å². The number of anilines is 1. The number of carboxylic acids is 1. The first-order chi connectivity index (χ1) is 8.65. The molecular formula is C12H13NO5. The first kappa shape index (κ1) is 12.2. The maximum atomic E-state index is 11.5. The molecule has 0 spiro atoms. The fraction of sp³-hybridized carbons (Fsp3) is 0.333. The van der Waals surface area contributed by atoms with Crippen molar-refractivity contribution in [1.82, 2.24) is 0 Å². The highest BCUT2D eigenvalue weighted by atomic mass is 16.7. The van der Waals surface area contributed by atoms with Crippen molar-refractivity contribution < 1.29 is 24.2 Å². The van der Waals surface area contributed by atoms with Crippen LogP contribution in [0.3, 0.4) is 0 Å². The van der Waals surface area contributed by atoms with Gasteiger partial charge in [0.25, 0.3) is 0 Å². The van der Waals surface area contributed by atoms with Crippen molar-refractivity contribution in [2.45, 2.75) is 19.3 Å². The van der Waals surface area contributed by atoms with Gasteiger partial charge in [0.15, 0.2) is 11.5 Å². The van der Waals surface area contributed by atoms with Crippen molar-refractivity contribution in [2.75, 3.05) is 12.1 Å². The molecular weight excluding hydrogens is 238 g/mol. The summed E-state index contributed by atoms with van der Waals surface area (Å²) in [6, 6.07) is 5.11. The largest absolute Gasteiger partial charge is 0.481 e. The molecule has 1 heterocycles. The summed E-state index contributed by atoms with van der Waals surface area (Å²) in [5.74, 6) is 0.137. The molecule has 96 valence electrons. The van der Waals surface area contributed by atoms with Crippen LogP contribution in [-0.2, 0) is 9.59 Å². The molecule has 0 bridgehead atoms. The fourth-order valence-corrected chi connectivity index (χ4v) is 1.60. The lowest BCUT2D eigenvalue weighted by atomic mass is 10.2. The second-order valence-corrected chi connectivity index (χ2v) is 3.86. The molecule has 0 radical (unpaired) electrons. The van der Waals surface area contributed by atoms with E-state index in [0.717, 1.165) is 0 Å². The lowest BCUT2D eigenvalue weighted by Gasteiger charge is -2.05. The predicted molar refractivity (Wildman–Crippen MR) is 62.7 cm³/mol. The van der Waals surface area contributed by atoms with Gasteiger partial charge in [0.05, 0.1) is 0 Å². The van der Waals surface area contributed by atoms with Crippen molar-refractivity contribution in [3.63, 3.8) is 0 Å². The van der Waals surface area contributed by atoms with Gasteiger partial charge < -0.3 is 19.9 Å². The quantitative estimate of drug-likeness (QED) is 0.830. The third-order valence-corrected chi connectivity index (χ3v) is 2.45. The zero-order valence-corrected chi connectivity index (χ0v) is 9.64. The number of aliphatic carboxylic acids is 1. The minimum Gasteiger partial charge on any atom is -0.481 e. The molecule has 0 saturated carbocycles. The number of ether oxygens (including phenoxy) is 2. The van der Waals surface area contributed by atoms with E-state index in [2.05, 4.69) is 5.32 Å². The number of carbonyl (C=O) groups excluding carboxylic acids is 1. The number of carboxylic acid groups (broad SMARTS) is 1. The minimum atomic E-state index is -0.897. The van der Waals surface area contributed by atoms with Gasteiger partial charge >= 0.3 is 5.97 Å². The number of hydrogen-bond acceptors (Lipinski definition) is 4. The number of carbonyl (C=O) groups is 2. The first-order valence-corrected chi connectivity index (χ1v) is 5.56. The maximum Gasteiger partial charge on any atom is 0.303 e. The third-order valence-electron chi connectivity index (χ3n) is 2.45. The maximum absolute atomic E-state index is 11.5. The molecule has 1 aromatic rings. The Kier molecular flexibility index (Phi) is 3.66. The number of hydrogen-bond donors (Lipinski definition) is 2. The zero-order chi connectivity index (χ0) is 13.0. The Morgan fingerprint density at radius 2 is 2.00 bits per heavy atom. The summed E-state index contributed by atoms with van der Waals surface area (Å²) < 4.78 is 10.3. The Labute approximate surface area is 104 Å². The number of benzene rings is 1. The Balaban J connectivity index is 1.85. The van der Waals surface area contributed by atoms with Crippen LogP contribution in [0.4, 0.5) is 5.69 Å². The van der Waals surface area contributed by atoms with Crippen LogP contribution in [0.2, 0.25) is 0 Å². The molecule has 0 unspecified atom stereocenters. The average molecular weight is 251 g/mol. The smallest absolute Gasteiger partial charge is 0.303 e. The lowest BCUT2D eigenvalue weighted by Crippen LogP contribution is -2.11. The van der Waals surface area contributed by atoms with E-state index in [9.17, 15) is 9.59 Å². The van der Waals surface area contributed by atoms with E-state index in [1.807, 2.05) is 0 Å². The second kappa shape index (κ2) is 5.39. The Bertz CT molecular complexity index is 472. The molecule has 2 rings (SSSR count). The Hall–Kier alpha value is -2.24. The number of rotatable bonds is 5. The zero-order valence-electron chi connectivity index (χ0n) is 9.64. The van der Waals surface area contributed by atoms with E-state index in [0.29, 0.717) is 23.6 Å². The SMILES string of the molecule is O=C(O)CCCC(=O)Nc1ccc2c(c1)OCO2. The molecule has 0 aromatic heterocycles.